The van der Waals surface area contributed by atoms with Crippen LogP contribution >= 0.6 is 24.0 Å². The molecule has 0 bridgehead atoms. The number of halogens is 1. The number of anilines is 1. The Balaban J connectivity index is 0.00000220. The predicted molar refractivity (Wildman–Crippen MR) is 99.3 cm³/mol. The number of aliphatic imine (C=N–C) groups is 1. The number of aromatic nitrogens is 1. The van der Waals surface area contributed by atoms with Crippen LogP contribution in [0.15, 0.2) is 23.3 Å². The summed E-state index contributed by atoms with van der Waals surface area (Å²) >= 11 is 0. The van der Waals surface area contributed by atoms with Gasteiger partial charge in [-0.05, 0) is 18.9 Å². The van der Waals surface area contributed by atoms with Gasteiger partial charge in [-0.2, -0.15) is 0 Å². The van der Waals surface area contributed by atoms with Crippen LogP contribution in [0.2, 0.25) is 0 Å². The average Bonchev–Trinajstić information content (AvgIpc) is 2.74. The van der Waals surface area contributed by atoms with E-state index < -0.39 is 0 Å². The molecule has 2 rings (SSSR count). The molecule has 0 aromatic carbocycles. The topological polar surface area (TPSA) is 57.8 Å². The molecular formula is C15H26IN5. The molecule has 2 N–H and O–H groups in total. The van der Waals surface area contributed by atoms with Gasteiger partial charge in [0, 0.05) is 38.9 Å². The van der Waals surface area contributed by atoms with E-state index in [0.717, 1.165) is 24.5 Å². The number of pyridine rings is 1. The van der Waals surface area contributed by atoms with E-state index in [1.807, 2.05) is 25.1 Å². The highest BCUT2D eigenvalue weighted by Gasteiger charge is 2.11. The minimum atomic E-state index is 0. The van der Waals surface area contributed by atoms with E-state index in [1.165, 1.54) is 25.7 Å². The molecule has 6 heteroatoms. The number of nitrogens with two attached hydrogens (primary N) is 1. The summed E-state index contributed by atoms with van der Waals surface area (Å²) in [4.78, 5) is 13.2. The van der Waals surface area contributed by atoms with E-state index >= 15 is 0 Å². The highest BCUT2D eigenvalue weighted by atomic mass is 127. The molecule has 0 amide bonds. The van der Waals surface area contributed by atoms with Gasteiger partial charge in [-0.25, -0.2) is 9.98 Å². The van der Waals surface area contributed by atoms with Crippen molar-refractivity contribution in [1.82, 2.24) is 9.88 Å². The first-order chi connectivity index (χ1) is 9.68. The SMILES string of the molecule is CN(C)c1ncccc1CN=C(N)N1CCCCCC1.I. The Morgan fingerprint density at radius 2 is 1.95 bits per heavy atom. The summed E-state index contributed by atoms with van der Waals surface area (Å²) in [6, 6.07) is 4.00. The molecule has 21 heavy (non-hydrogen) atoms. The van der Waals surface area contributed by atoms with Gasteiger partial charge >= 0.3 is 0 Å². The number of hydrogen-bond acceptors (Lipinski definition) is 3. The van der Waals surface area contributed by atoms with E-state index in [0.29, 0.717) is 12.5 Å². The van der Waals surface area contributed by atoms with Crippen molar-refractivity contribution in [1.29, 1.82) is 0 Å². The fourth-order valence-electron chi connectivity index (χ4n) is 2.52. The van der Waals surface area contributed by atoms with E-state index in [4.69, 9.17) is 5.73 Å². The maximum Gasteiger partial charge on any atom is 0.191 e. The fraction of sp³-hybridized carbons (Fsp3) is 0.600. The van der Waals surface area contributed by atoms with Crippen LogP contribution in [0.1, 0.15) is 31.2 Å². The third-order valence-electron chi connectivity index (χ3n) is 3.63. The normalized spacial score (nSPS) is 16.1. The first-order valence-corrected chi connectivity index (χ1v) is 7.34. The van der Waals surface area contributed by atoms with Crippen molar-refractivity contribution in [3.8, 4) is 0 Å². The van der Waals surface area contributed by atoms with Gasteiger partial charge in [0.1, 0.15) is 5.82 Å². The summed E-state index contributed by atoms with van der Waals surface area (Å²) in [6.45, 7) is 2.65. The van der Waals surface area contributed by atoms with Gasteiger partial charge in [0.2, 0.25) is 0 Å². The molecular weight excluding hydrogens is 377 g/mol. The quantitative estimate of drug-likeness (QED) is 0.479. The zero-order valence-electron chi connectivity index (χ0n) is 13.0. The lowest BCUT2D eigenvalue weighted by molar-refractivity contribution is 0.428. The smallest absolute Gasteiger partial charge is 0.191 e. The minimum absolute atomic E-state index is 0. The van der Waals surface area contributed by atoms with Crippen molar-refractivity contribution in [3.05, 3.63) is 23.9 Å². The molecule has 1 fully saturated rings. The van der Waals surface area contributed by atoms with Crippen LogP contribution in [0.25, 0.3) is 0 Å². The second-order valence-electron chi connectivity index (χ2n) is 5.46. The van der Waals surface area contributed by atoms with E-state index in [-0.39, 0.29) is 24.0 Å². The van der Waals surface area contributed by atoms with Crippen LogP contribution in [-0.4, -0.2) is 43.0 Å². The number of guanidine groups is 1. The molecule has 5 nitrogen and oxygen atoms in total. The standard InChI is InChI=1S/C15H25N5.HI/c1-19(2)14-13(8-7-9-17-14)12-18-15(16)20-10-5-3-4-6-11-20;/h7-9H,3-6,10-12H2,1-2H3,(H2,16,18);1H. The van der Waals surface area contributed by atoms with Crippen molar-refractivity contribution in [2.45, 2.75) is 32.2 Å². The van der Waals surface area contributed by atoms with E-state index in [9.17, 15) is 0 Å². The Bertz CT molecular complexity index is 453. The molecule has 0 atom stereocenters. The van der Waals surface area contributed by atoms with Crippen LogP contribution < -0.4 is 10.6 Å². The lowest BCUT2D eigenvalue weighted by atomic mass is 10.2. The second-order valence-corrected chi connectivity index (χ2v) is 5.46. The van der Waals surface area contributed by atoms with Gasteiger partial charge < -0.3 is 15.5 Å². The van der Waals surface area contributed by atoms with E-state index in [2.05, 4.69) is 20.9 Å². The maximum absolute atomic E-state index is 6.13. The molecule has 1 aliphatic heterocycles. The summed E-state index contributed by atoms with van der Waals surface area (Å²) in [5.74, 6) is 1.63. The largest absolute Gasteiger partial charge is 0.370 e. The van der Waals surface area contributed by atoms with Crippen LogP contribution in [-0.2, 0) is 6.54 Å². The average molecular weight is 403 g/mol. The Morgan fingerprint density at radius 3 is 2.57 bits per heavy atom. The molecule has 0 radical (unpaired) electrons. The molecule has 1 saturated heterocycles. The van der Waals surface area contributed by atoms with E-state index in [1.54, 1.807) is 6.20 Å². The molecule has 1 aliphatic rings. The van der Waals surface area contributed by atoms with Gasteiger partial charge in [-0.1, -0.05) is 18.9 Å². The van der Waals surface area contributed by atoms with Crippen molar-refractivity contribution in [2.75, 3.05) is 32.1 Å². The van der Waals surface area contributed by atoms with Gasteiger partial charge in [0.15, 0.2) is 5.96 Å². The van der Waals surface area contributed by atoms with Gasteiger partial charge in [0.05, 0.1) is 6.54 Å². The van der Waals surface area contributed by atoms with Crippen LogP contribution in [0.5, 0.6) is 0 Å². The molecule has 0 saturated carbocycles. The Kier molecular flexibility index (Phi) is 7.77. The van der Waals surface area contributed by atoms with Crippen LogP contribution in [0.3, 0.4) is 0 Å². The first-order valence-electron chi connectivity index (χ1n) is 7.34. The monoisotopic (exact) mass is 403 g/mol. The van der Waals surface area contributed by atoms with Gasteiger partial charge in [-0.3, -0.25) is 0 Å². The van der Waals surface area contributed by atoms with Crippen molar-refractivity contribution in [3.63, 3.8) is 0 Å². The summed E-state index contributed by atoms with van der Waals surface area (Å²) in [7, 11) is 3.99. The maximum atomic E-state index is 6.13. The third kappa shape index (κ3) is 5.33. The molecule has 1 aromatic heterocycles. The van der Waals surface area contributed by atoms with Crippen molar-refractivity contribution >= 4 is 35.8 Å². The van der Waals surface area contributed by atoms with Crippen molar-refractivity contribution < 1.29 is 0 Å². The zero-order chi connectivity index (χ0) is 14.4. The fourth-order valence-corrected chi connectivity index (χ4v) is 2.52. The molecule has 0 spiro atoms. The predicted octanol–water partition coefficient (Wildman–Crippen LogP) is 2.46. The molecule has 118 valence electrons. The molecule has 2 heterocycles. The zero-order valence-corrected chi connectivity index (χ0v) is 15.3. The minimum Gasteiger partial charge on any atom is -0.370 e. The first kappa shape index (κ1) is 18.0. The Hall–Kier alpha value is -1.05. The lowest BCUT2D eigenvalue weighted by Crippen LogP contribution is -2.38. The summed E-state index contributed by atoms with van der Waals surface area (Å²) < 4.78 is 0. The number of rotatable bonds is 3. The highest BCUT2D eigenvalue weighted by Crippen LogP contribution is 2.16. The highest BCUT2D eigenvalue weighted by molar-refractivity contribution is 14.0. The third-order valence-corrected chi connectivity index (χ3v) is 3.63. The summed E-state index contributed by atoms with van der Waals surface area (Å²) in [6.07, 6.45) is 6.84. The second kappa shape index (κ2) is 9.07. The van der Waals surface area contributed by atoms with Crippen LogP contribution in [0.4, 0.5) is 5.82 Å². The molecule has 1 aromatic rings. The van der Waals surface area contributed by atoms with Crippen LogP contribution in [0, 0.1) is 0 Å². The number of likely N-dealkylation sites (tertiary alicyclic amines) is 1. The number of nitrogens with zero attached hydrogens (tertiary/aromatic N) is 4. The van der Waals surface area contributed by atoms with Gasteiger partial charge in [0.25, 0.3) is 0 Å². The lowest BCUT2D eigenvalue weighted by Gasteiger charge is -2.21. The Morgan fingerprint density at radius 1 is 1.29 bits per heavy atom. The number of hydrogen-bond donors (Lipinski definition) is 1. The van der Waals surface area contributed by atoms with Crippen molar-refractivity contribution in [2.24, 2.45) is 10.7 Å². The van der Waals surface area contributed by atoms with Gasteiger partial charge in [-0.15, -0.1) is 24.0 Å². The Labute approximate surface area is 144 Å². The summed E-state index contributed by atoms with van der Waals surface area (Å²) in [5, 5.41) is 0. The molecule has 0 aliphatic carbocycles. The molecule has 0 unspecified atom stereocenters. The summed E-state index contributed by atoms with van der Waals surface area (Å²) in [5.41, 5.74) is 7.24.